The molecule has 0 amide bonds. The second-order valence-corrected chi connectivity index (χ2v) is 5.48. The first-order valence-electron chi connectivity index (χ1n) is 6.26. The van der Waals surface area contributed by atoms with Crippen molar-refractivity contribution in [3.05, 3.63) is 65.7 Å². The molecule has 2 unspecified atom stereocenters. The molecule has 0 saturated carbocycles. The maximum atomic E-state index is 12.6. The third-order valence-electron chi connectivity index (χ3n) is 3.46. The van der Waals surface area contributed by atoms with Gasteiger partial charge in [-0.05, 0) is 12.1 Å². The third kappa shape index (κ3) is 1.87. The van der Waals surface area contributed by atoms with Gasteiger partial charge >= 0.3 is 0 Å². The fraction of sp³-hybridized carbons (Fsp3) is 0.188. The van der Waals surface area contributed by atoms with Gasteiger partial charge in [-0.25, -0.2) is 0 Å². The highest BCUT2D eigenvalue weighted by molar-refractivity contribution is 9.10. The van der Waals surface area contributed by atoms with Gasteiger partial charge in [0, 0.05) is 12.7 Å². The Balaban J connectivity index is 2.17. The molecule has 0 aliphatic carbocycles. The Kier molecular flexibility index (Phi) is 3.36. The number of carbonyl (C=O) groups is 1. The molecule has 0 bridgehead atoms. The van der Waals surface area contributed by atoms with Crippen molar-refractivity contribution in [2.24, 2.45) is 0 Å². The van der Waals surface area contributed by atoms with Crippen LogP contribution >= 0.6 is 15.9 Å². The Labute approximate surface area is 125 Å². The van der Waals surface area contributed by atoms with Gasteiger partial charge in [-0.2, -0.15) is 0 Å². The summed E-state index contributed by atoms with van der Waals surface area (Å²) in [5.74, 6) is -0.649. The minimum atomic E-state index is -1.15. The molecule has 0 radical (unpaired) electrons. The summed E-state index contributed by atoms with van der Waals surface area (Å²) in [6.07, 6.45) is 0. The predicted octanol–water partition coefficient (Wildman–Crippen LogP) is 3.52. The molecule has 1 heterocycles. The number of Topliss-reactive ketones (excluding diaryl/α,β-unsaturated/α-hetero) is 1. The summed E-state index contributed by atoms with van der Waals surface area (Å²) in [4.78, 5) is 12.0. The van der Waals surface area contributed by atoms with Gasteiger partial charge in [-0.15, -0.1) is 0 Å². The molecule has 0 saturated heterocycles. The van der Waals surface area contributed by atoms with E-state index in [1.54, 1.807) is 19.2 Å². The number of hydrogen-bond acceptors (Lipinski definition) is 3. The largest absolute Gasteiger partial charge is 0.455 e. The van der Waals surface area contributed by atoms with Gasteiger partial charge in [0.1, 0.15) is 10.6 Å². The van der Waals surface area contributed by atoms with E-state index in [1.807, 2.05) is 42.5 Å². The number of carbonyl (C=O) groups excluding carboxylic acids is 1. The number of hydrogen-bond donors (Lipinski definition) is 0. The number of fused-ring (bicyclic) bond motifs is 1. The highest BCUT2D eigenvalue weighted by Crippen LogP contribution is 2.43. The Bertz CT molecular complexity index is 641. The molecule has 102 valence electrons. The second-order valence-electron chi connectivity index (χ2n) is 4.56. The van der Waals surface area contributed by atoms with Gasteiger partial charge in [0.25, 0.3) is 5.79 Å². The van der Waals surface area contributed by atoms with Crippen LogP contribution in [0.25, 0.3) is 0 Å². The first-order chi connectivity index (χ1) is 9.69. The van der Waals surface area contributed by atoms with Gasteiger partial charge in [0.15, 0.2) is 5.78 Å². The number of methoxy groups -OCH3 is 1. The maximum Gasteiger partial charge on any atom is 0.257 e. The number of rotatable bonds is 2. The molecule has 0 aromatic heterocycles. The quantitative estimate of drug-likeness (QED) is 0.789. The number of alkyl halides is 1. The molecule has 2 aromatic rings. The molecule has 0 spiro atoms. The molecular weight excluding hydrogens is 320 g/mol. The lowest BCUT2D eigenvalue weighted by molar-refractivity contribution is -0.168. The van der Waals surface area contributed by atoms with Crippen LogP contribution in [0.1, 0.15) is 15.9 Å². The van der Waals surface area contributed by atoms with E-state index >= 15 is 0 Å². The van der Waals surface area contributed by atoms with Crippen LogP contribution < -0.4 is 4.74 Å². The van der Waals surface area contributed by atoms with Crippen molar-refractivity contribution in [3.63, 3.8) is 0 Å². The molecule has 3 nitrogen and oxygen atoms in total. The maximum absolute atomic E-state index is 12.6. The Morgan fingerprint density at radius 2 is 1.75 bits per heavy atom. The molecule has 1 aliphatic rings. The van der Waals surface area contributed by atoms with Gasteiger partial charge < -0.3 is 9.47 Å². The standard InChI is InChI=1S/C16H13BrO3/c1-19-16(11-7-3-2-4-8-11)15(17)14(18)12-9-5-6-10-13(12)20-16/h2-10,15H,1H3. The van der Waals surface area contributed by atoms with Crippen molar-refractivity contribution in [2.75, 3.05) is 7.11 Å². The van der Waals surface area contributed by atoms with E-state index in [4.69, 9.17) is 9.47 Å². The summed E-state index contributed by atoms with van der Waals surface area (Å²) in [6.45, 7) is 0. The Hall–Kier alpha value is -1.65. The lowest BCUT2D eigenvalue weighted by Crippen LogP contribution is -2.50. The zero-order valence-electron chi connectivity index (χ0n) is 10.9. The molecule has 4 heteroatoms. The van der Waals surface area contributed by atoms with Crippen LogP contribution in [0.3, 0.4) is 0 Å². The van der Waals surface area contributed by atoms with E-state index in [2.05, 4.69) is 15.9 Å². The molecule has 1 aliphatic heterocycles. The van der Waals surface area contributed by atoms with Gasteiger partial charge in [-0.1, -0.05) is 58.4 Å². The third-order valence-corrected chi connectivity index (χ3v) is 4.48. The zero-order valence-corrected chi connectivity index (χ0v) is 12.5. The van der Waals surface area contributed by atoms with Crippen LogP contribution in [0.15, 0.2) is 54.6 Å². The number of para-hydroxylation sites is 1. The highest BCUT2D eigenvalue weighted by Gasteiger charge is 2.50. The fourth-order valence-electron chi connectivity index (χ4n) is 2.42. The van der Waals surface area contributed by atoms with Crippen molar-refractivity contribution in [1.82, 2.24) is 0 Å². The number of benzene rings is 2. The Morgan fingerprint density at radius 3 is 2.45 bits per heavy atom. The van der Waals surface area contributed by atoms with Crippen LogP contribution in [-0.4, -0.2) is 17.7 Å². The zero-order chi connectivity index (χ0) is 14.2. The van der Waals surface area contributed by atoms with Crippen LogP contribution in [0.4, 0.5) is 0 Å². The van der Waals surface area contributed by atoms with Crippen molar-refractivity contribution >= 4 is 21.7 Å². The Morgan fingerprint density at radius 1 is 1.10 bits per heavy atom. The first kappa shape index (κ1) is 13.3. The van der Waals surface area contributed by atoms with E-state index in [-0.39, 0.29) is 5.78 Å². The molecule has 3 rings (SSSR count). The summed E-state index contributed by atoms with van der Waals surface area (Å²) < 4.78 is 11.7. The van der Waals surface area contributed by atoms with E-state index in [0.717, 1.165) is 5.56 Å². The molecular formula is C16H13BrO3. The SMILES string of the molecule is COC1(c2ccccc2)Oc2ccccc2C(=O)C1Br. The lowest BCUT2D eigenvalue weighted by Gasteiger charge is -2.40. The average molecular weight is 333 g/mol. The number of ketones is 1. The van der Waals surface area contributed by atoms with Crippen LogP contribution in [0, 0.1) is 0 Å². The minimum absolute atomic E-state index is 0.0439. The fourth-order valence-corrected chi connectivity index (χ4v) is 3.21. The highest BCUT2D eigenvalue weighted by atomic mass is 79.9. The molecule has 20 heavy (non-hydrogen) atoms. The van der Waals surface area contributed by atoms with Crippen molar-refractivity contribution in [2.45, 2.75) is 10.6 Å². The normalized spacial score (nSPS) is 24.9. The van der Waals surface area contributed by atoms with Gasteiger partial charge in [-0.3, -0.25) is 4.79 Å². The summed E-state index contributed by atoms with van der Waals surface area (Å²) in [5.41, 5.74) is 1.37. The van der Waals surface area contributed by atoms with E-state index in [9.17, 15) is 4.79 Å². The molecule has 0 N–H and O–H groups in total. The van der Waals surface area contributed by atoms with Crippen LogP contribution in [0.2, 0.25) is 0 Å². The topological polar surface area (TPSA) is 35.5 Å². The summed E-state index contributed by atoms with van der Waals surface area (Å²) in [5, 5.41) is 0. The molecule has 2 aromatic carbocycles. The second kappa shape index (κ2) is 5.04. The minimum Gasteiger partial charge on any atom is -0.455 e. The summed E-state index contributed by atoms with van der Waals surface area (Å²) >= 11 is 3.44. The predicted molar refractivity (Wildman–Crippen MR) is 79.2 cm³/mol. The molecule has 0 fully saturated rings. The van der Waals surface area contributed by atoms with E-state index in [1.165, 1.54) is 0 Å². The van der Waals surface area contributed by atoms with Crippen LogP contribution in [0.5, 0.6) is 5.75 Å². The van der Waals surface area contributed by atoms with Gasteiger partial charge in [0.05, 0.1) is 5.56 Å². The number of halogens is 1. The van der Waals surface area contributed by atoms with Crippen molar-refractivity contribution < 1.29 is 14.3 Å². The number of ether oxygens (including phenoxy) is 2. The summed E-state index contributed by atoms with van der Waals surface area (Å²) in [6, 6.07) is 16.7. The summed E-state index contributed by atoms with van der Waals surface area (Å²) in [7, 11) is 1.54. The first-order valence-corrected chi connectivity index (χ1v) is 7.17. The van der Waals surface area contributed by atoms with E-state index < -0.39 is 10.6 Å². The van der Waals surface area contributed by atoms with Crippen molar-refractivity contribution in [3.8, 4) is 5.75 Å². The smallest absolute Gasteiger partial charge is 0.257 e. The monoisotopic (exact) mass is 332 g/mol. The molecule has 2 atom stereocenters. The van der Waals surface area contributed by atoms with E-state index in [0.29, 0.717) is 11.3 Å². The lowest BCUT2D eigenvalue weighted by atomic mass is 9.93. The van der Waals surface area contributed by atoms with Gasteiger partial charge in [0.2, 0.25) is 0 Å². The van der Waals surface area contributed by atoms with Crippen molar-refractivity contribution in [1.29, 1.82) is 0 Å². The average Bonchev–Trinajstić information content (AvgIpc) is 2.52. The van der Waals surface area contributed by atoms with Crippen LogP contribution in [-0.2, 0) is 10.5 Å².